The Balaban J connectivity index is 1.64. The molecule has 7 nitrogen and oxygen atoms in total. The lowest BCUT2D eigenvalue weighted by atomic mass is 10.3. The van der Waals surface area contributed by atoms with Crippen molar-refractivity contribution in [3.05, 3.63) is 12.4 Å². The normalized spacial score (nSPS) is 15.9. The van der Waals surface area contributed by atoms with Gasteiger partial charge in [-0.2, -0.15) is 0 Å². The third-order valence-electron chi connectivity index (χ3n) is 3.24. The lowest BCUT2D eigenvalue weighted by molar-refractivity contribution is 0.0378. The van der Waals surface area contributed by atoms with Crippen molar-refractivity contribution in [2.45, 2.75) is 6.42 Å². The molecule has 0 radical (unpaired) electrons. The predicted molar refractivity (Wildman–Crippen MR) is 79.8 cm³/mol. The highest BCUT2D eigenvalue weighted by Gasteiger charge is 2.09. The number of hydrogen-bond donors (Lipinski definition) is 1. The first-order chi connectivity index (χ1) is 10.4. The second-order valence-corrected chi connectivity index (χ2v) is 4.82. The van der Waals surface area contributed by atoms with Crippen LogP contribution in [-0.2, 0) is 9.47 Å². The van der Waals surface area contributed by atoms with Crippen LogP contribution in [0.15, 0.2) is 12.4 Å². The molecule has 0 bridgehead atoms. The Bertz CT molecular complexity index is 400. The van der Waals surface area contributed by atoms with E-state index in [2.05, 4.69) is 20.2 Å². The standard InChI is InChI=1S/C14H24N4O3/c1-19-9-10-21-14-11-13(16-12-17-14)15-3-2-4-18-5-7-20-8-6-18/h11-12H,2-10H2,1H3,(H,15,16,17). The van der Waals surface area contributed by atoms with Crippen molar-refractivity contribution in [2.24, 2.45) is 0 Å². The maximum Gasteiger partial charge on any atom is 0.218 e. The zero-order chi connectivity index (χ0) is 14.8. The first-order valence-corrected chi connectivity index (χ1v) is 7.36. The zero-order valence-electron chi connectivity index (χ0n) is 12.6. The predicted octanol–water partition coefficient (Wildman–Crippen LogP) is 0.636. The minimum Gasteiger partial charge on any atom is -0.475 e. The molecular weight excluding hydrogens is 272 g/mol. The molecule has 0 aromatic carbocycles. The molecule has 0 spiro atoms. The van der Waals surface area contributed by atoms with Gasteiger partial charge in [-0.1, -0.05) is 0 Å². The van der Waals surface area contributed by atoms with Gasteiger partial charge in [-0.25, -0.2) is 9.97 Å². The van der Waals surface area contributed by atoms with Crippen LogP contribution in [0.25, 0.3) is 0 Å². The molecule has 1 aliphatic heterocycles. The maximum atomic E-state index is 5.45. The summed E-state index contributed by atoms with van der Waals surface area (Å²) in [5, 5.41) is 3.29. The van der Waals surface area contributed by atoms with E-state index in [0.29, 0.717) is 19.1 Å². The Labute approximate surface area is 125 Å². The number of ether oxygens (including phenoxy) is 3. The summed E-state index contributed by atoms with van der Waals surface area (Å²) in [7, 11) is 1.64. The van der Waals surface area contributed by atoms with Crippen molar-refractivity contribution < 1.29 is 14.2 Å². The minimum atomic E-state index is 0.490. The Kier molecular flexibility index (Phi) is 7.20. The van der Waals surface area contributed by atoms with E-state index in [0.717, 1.165) is 51.6 Å². The van der Waals surface area contributed by atoms with E-state index in [4.69, 9.17) is 14.2 Å². The summed E-state index contributed by atoms with van der Waals surface area (Å²) in [6.45, 7) is 6.76. The van der Waals surface area contributed by atoms with Gasteiger partial charge in [-0.05, 0) is 13.0 Å². The van der Waals surface area contributed by atoms with E-state index in [1.807, 2.05) is 6.07 Å². The molecule has 118 valence electrons. The number of anilines is 1. The van der Waals surface area contributed by atoms with Crippen LogP contribution in [0, 0.1) is 0 Å². The summed E-state index contributed by atoms with van der Waals surface area (Å²) >= 11 is 0. The molecule has 1 N–H and O–H groups in total. The summed E-state index contributed by atoms with van der Waals surface area (Å²) in [5.41, 5.74) is 0. The topological polar surface area (TPSA) is 68.7 Å². The molecule has 7 heteroatoms. The average molecular weight is 296 g/mol. The number of methoxy groups -OCH3 is 1. The Morgan fingerprint density at radius 1 is 1.29 bits per heavy atom. The zero-order valence-corrected chi connectivity index (χ0v) is 12.6. The molecule has 0 saturated carbocycles. The van der Waals surface area contributed by atoms with Crippen LogP contribution in [0.3, 0.4) is 0 Å². The van der Waals surface area contributed by atoms with Crippen molar-refractivity contribution in [3.63, 3.8) is 0 Å². The van der Waals surface area contributed by atoms with Gasteiger partial charge in [0.15, 0.2) is 0 Å². The van der Waals surface area contributed by atoms with Gasteiger partial charge in [0.25, 0.3) is 0 Å². The van der Waals surface area contributed by atoms with Gasteiger partial charge in [0.05, 0.1) is 19.8 Å². The Morgan fingerprint density at radius 3 is 2.95 bits per heavy atom. The van der Waals surface area contributed by atoms with Crippen LogP contribution in [-0.4, -0.2) is 74.6 Å². The third-order valence-corrected chi connectivity index (χ3v) is 3.24. The number of morpholine rings is 1. The SMILES string of the molecule is COCCOc1cc(NCCCN2CCOCC2)ncn1. The highest BCUT2D eigenvalue weighted by molar-refractivity contribution is 5.36. The molecule has 0 unspecified atom stereocenters. The lowest BCUT2D eigenvalue weighted by Crippen LogP contribution is -2.37. The van der Waals surface area contributed by atoms with Gasteiger partial charge in [-0.3, -0.25) is 4.90 Å². The van der Waals surface area contributed by atoms with Gasteiger partial charge < -0.3 is 19.5 Å². The summed E-state index contributed by atoms with van der Waals surface area (Å²) in [5.74, 6) is 1.36. The second kappa shape index (κ2) is 9.49. The largest absolute Gasteiger partial charge is 0.475 e. The third kappa shape index (κ3) is 6.24. The van der Waals surface area contributed by atoms with Crippen molar-refractivity contribution in [3.8, 4) is 5.88 Å². The smallest absolute Gasteiger partial charge is 0.218 e. The summed E-state index contributed by atoms with van der Waals surface area (Å²) in [6.07, 6.45) is 2.58. The molecular formula is C14H24N4O3. The number of nitrogens with one attached hydrogen (secondary N) is 1. The van der Waals surface area contributed by atoms with Crippen LogP contribution < -0.4 is 10.1 Å². The fraction of sp³-hybridized carbons (Fsp3) is 0.714. The maximum absolute atomic E-state index is 5.45. The molecule has 1 saturated heterocycles. The van der Waals surface area contributed by atoms with Gasteiger partial charge in [0, 0.05) is 32.8 Å². The van der Waals surface area contributed by atoms with Crippen LogP contribution in [0.2, 0.25) is 0 Å². The number of hydrogen-bond acceptors (Lipinski definition) is 7. The van der Waals surface area contributed by atoms with E-state index in [-0.39, 0.29) is 0 Å². The van der Waals surface area contributed by atoms with E-state index < -0.39 is 0 Å². The van der Waals surface area contributed by atoms with Crippen LogP contribution in [0.1, 0.15) is 6.42 Å². The van der Waals surface area contributed by atoms with Gasteiger partial charge in [0.2, 0.25) is 5.88 Å². The van der Waals surface area contributed by atoms with E-state index in [9.17, 15) is 0 Å². The number of nitrogens with zero attached hydrogens (tertiary/aromatic N) is 3. The summed E-state index contributed by atoms with van der Waals surface area (Å²) in [4.78, 5) is 10.7. The summed E-state index contributed by atoms with van der Waals surface area (Å²) < 4.78 is 15.7. The fourth-order valence-corrected chi connectivity index (χ4v) is 2.09. The van der Waals surface area contributed by atoms with Crippen LogP contribution in [0.4, 0.5) is 5.82 Å². The number of rotatable bonds is 9. The monoisotopic (exact) mass is 296 g/mol. The van der Waals surface area contributed by atoms with E-state index in [1.165, 1.54) is 6.33 Å². The fourth-order valence-electron chi connectivity index (χ4n) is 2.09. The van der Waals surface area contributed by atoms with Crippen LogP contribution >= 0.6 is 0 Å². The van der Waals surface area contributed by atoms with Crippen molar-refractivity contribution >= 4 is 5.82 Å². The quantitative estimate of drug-likeness (QED) is 0.670. The molecule has 1 aromatic heterocycles. The molecule has 0 amide bonds. The molecule has 21 heavy (non-hydrogen) atoms. The first-order valence-electron chi connectivity index (χ1n) is 7.36. The molecule has 0 aliphatic carbocycles. The highest BCUT2D eigenvalue weighted by atomic mass is 16.5. The van der Waals surface area contributed by atoms with Gasteiger partial charge in [-0.15, -0.1) is 0 Å². The van der Waals surface area contributed by atoms with Crippen LogP contribution in [0.5, 0.6) is 5.88 Å². The number of aromatic nitrogens is 2. The average Bonchev–Trinajstić information content (AvgIpc) is 2.53. The van der Waals surface area contributed by atoms with Crippen molar-refractivity contribution in [1.29, 1.82) is 0 Å². The van der Waals surface area contributed by atoms with E-state index in [1.54, 1.807) is 7.11 Å². The first kappa shape index (κ1) is 15.9. The Hall–Kier alpha value is -1.44. The summed E-state index contributed by atoms with van der Waals surface area (Å²) in [6, 6.07) is 1.81. The highest BCUT2D eigenvalue weighted by Crippen LogP contribution is 2.10. The Morgan fingerprint density at radius 2 is 2.14 bits per heavy atom. The van der Waals surface area contributed by atoms with Crippen molar-refractivity contribution in [1.82, 2.24) is 14.9 Å². The molecule has 1 aliphatic rings. The molecule has 1 aromatic rings. The van der Waals surface area contributed by atoms with Gasteiger partial charge >= 0.3 is 0 Å². The lowest BCUT2D eigenvalue weighted by Gasteiger charge is -2.26. The molecule has 0 atom stereocenters. The second-order valence-electron chi connectivity index (χ2n) is 4.82. The molecule has 2 heterocycles. The van der Waals surface area contributed by atoms with Crippen molar-refractivity contribution in [2.75, 3.05) is 65.0 Å². The van der Waals surface area contributed by atoms with Gasteiger partial charge in [0.1, 0.15) is 18.8 Å². The molecule has 2 rings (SSSR count). The van der Waals surface area contributed by atoms with E-state index >= 15 is 0 Å². The minimum absolute atomic E-state index is 0.490. The molecule has 1 fully saturated rings.